The molecule has 0 aromatic rings. The lowest BCUT2D eigenvalue weighted by Crippen LogP contribution is -2.65. The number of rotatable bonds is 10. The molecule has 9 N–H and O–H groups in total. The molecular formula is C60H88O16. The molecule has 18 unspecified atom stereocenters. The minimum absolute atomic E-state index is 0.00203. The molecule has 8 rings (SSSR count). The van der Waals surface area contributed by atoms with Crippen LogP contribution in [0.1, 0.15) is 169 Å². The fraction of sp³-hybridized carbons (Fsp3) is 0.783. The van der Waals surface area contributed by atoms with Crippen molar-refractivity contribution in [1.29, 1.82) is 0 Å². The van der Waals surface area contributed by atoms with E-state index in [1.165, 1.54) is 47.6 Å². The Morgan fingerprint density at radius 1 is 0.579 bits per heavy atom. The number of carbonyl (C=O) groups excluding carboxylic acids is 7. The second-order valence-electron chi connectivity index (χ2n) is 28.8. The molecule has 5 saturated carbocycles. The number of allylic oxidation sites excluding steroid dienone is 6. The van der Waals surface area contributed by atoms with Crippen molar-refractivity contribution in [3.63, 3.8) is 0 Å². The van der Waals surface area contributed by atoms with E-state index in [-0.39, 0.29) is 67.0 Å². The van der Waals surface area contributed by atoms with Crippen LogP contribution in [0.15, 0.2) is 35.1 Å². The number of carbonyl (C=O) groups is 7. The SMILES string of the molecule is CC1(C)C(=O)C(=O)CC2C1=CCC1C2(C)C(=O)CC2(C)C(C(C)(O)C(=O)CC(O)C(C)(C)O)C(O)CC12C.CC1(C)C(=O)C(O)=CC2C1=CCC1C2(C)C(=O)CC2(C)C(C(C)(O)C(=O)CC(O)C(C)(C)O)C(O)CC12C. The number of hydrogen-bond donors (Lipinski definition) is 9. The summed E-state index contributed by atoms with van der Waals surface area (Å²) < 4.78 is 0. The fourth-order valence-electron chi connectivity index (χ4n) is 17.8. The Bertz CT molecular complexity index is 2620. The van der Waals surface area contributed by atoms with Crippen molar-refractivity contribution in [2.24, 2.45) is 78.8 Å². The van der Waals surface area contributed by atoms with E-state index in [4.69, 9.17) is 0 Å². The van der Waals surface area contributed by atoms with Crippen molar-refractivity contribution in [1.82, 2.24) is 0 Å². The first kappa shape index (κ1) is 60.0. The molecule has 0 amide bonds. The molecule has 0 saturated heterocycles. The average Bonchev–Trinajstić information content (AvgIpc) is 3.61. The maximum Gasteiger partial charge on any atom is 0.207 e. The molecule has 0 aromatic carbocycles. The van der Waals surface area contributed by atoms with Crippen molar-refractivity contribution in [2.45, 2.75) is 215 Å². The van der Waals surface area contributed by atoms with Gasteiger partial charge < -0.3 is 46.0 Å². The third-order valence-corrected chi connectivity index (χ3v) is 23.0. The van der Waals surface area contributed by atoms with E-state index in [9.17, 15) is 79.5 Å². The van der Waals surface area contributed by atoms with Gasteiger partial charge in [0, 0.05) is 66.6 Å². The Morgan fingerprint density at radius 2 is 0.947 bits per heavy atom. The highest BCUT2D eigenvalue weighted by atomic mass is 16.3. The fourth-order valence-corrected chi connectivity index (χ4v) is 17.8. The largest absolute Gasteiger partial charge is 0.505 e. The first-order chi connectivity index (χ1) is 34.1. The molecular weight excluding hydrogens is 977 g/mol. The monoisotopic (exact) mass is 1060 g/mol. The molecule has 8 aliphatic carbocycles. The van der Waals surface area contributed by atoms with Gasteiger partial charge in [-0.3, -0.25) is 33.6 Å². The lowest BCUT2D eigenvalue weighted by molar-refractivity contribution is -0.184. The number of aliphatic hydroxyl groups excluding tert-OH is 5. The first-order valence-electron chi connectivity index (χ1n) is 27.3. The molecule has 16 nitrogen and oxygen atoms in total. The Kier molecular flexibility index (Phi) is 14.2. The van der Waals surface area contributed by atoms with Gasteiger partial charge in [-0.05, 0) is 134 Å². The smallest absolute Gasteiger partial charge is 0.207 e. The Morgan fingerprint density at radius 3 is 1.36 bits per heavy atom. The summed E-state index contributed by atoms with van der Waals surface area (Å²) in [5.41, 5.74) is -12.6. The summed E-state index contributed by atoms with van der Waals surface area (Å²) in [5.74, 6) is -6.61. The molecule has 0 heterocycles. The minimum atomic E-state index is -2.06. The number of aliphatic hydroxyl groups is 9. The van der Waals surface area contributed by atoms with E-state index >= 15 is 0 Å². The molecule has 0 spiro atoms. The zero-order valence-corrected chi connectivity index (χ0v) is 47.8. The highest BCUT2D eigenvalue weighted by Gasteiger charge is 2.77. The summed E-state index contributed by atoms with van der Waals surface area (Å²) in [4.78, 5) is 93.4. The zero-order valence-electron chi connectivity index (χ0n) is 47.8. The standard InChI is InChI=1S/2C30H44O8/c2*1-25(2)15-9-10-19-27(5)13-18(32)23(30(8,38)21(34)12-20(33)26(3,4)37)28(27,6)14-22(35)29(19,7)16(15)11-17(31)24(25)36/h9,16,18-20,23,32-33,37-38H,10-14H2,1-8H3;9,11,16,18-20,23,31-33,37-38H,10,12-14H2,1-8H3. The maximum atomic E-state index is 14.2. The number of fused-ring (bicyclic) bond motifs is 10. The van der Waals surface area contributed by atoms with Crippen LogP contribution >= 0.6 is 0 Å². The summed E-state index contributed by atoms with van der Waals surface area (Å²) in [7, 11) is 0. The Labute approximate surface area is 447 Å². The van der Waals surface area contributed by atoms with Gasteiger partial charge in [0.1, 0.15) is 22.8 Å². The van der Waals surface area contributed by atoms with E-state index < -0.39 is 150 Å². The molecule has 16 heteroatoms. The van der Waals surface area contributed by atoms with Gasteiger partial charge in [0.05, 0.1) is 46.4 Å². The predicted molar refractivity (Wildman–Crippen MR) is 278 cm³/mol. The molecule has 0 radical (unpaired) electrons. The summed E-state index contributed by atoms with van der Waals surface area (Å²) in [6.45, 7) is 26.7. The van der Waals surface area contributed by atoms with Gasteiger partial charge in [0.15, 0.2) is 23.1 Å². The first-order valence-corrected chi connectivity index (χ1v) is 27.3. The van der Waals surface area contributed by atoms with E-state index in [2.05, 4.69) is 0 Å². The molecule has 76 heavy (non-hydrogen) atoms. The highest BCUT2D eigenvalue weighted by molar-refractivity contribution is 6.40. The molecule has 424 valence electrons. The van der Waals surface area contributed by atoms with Gasteiger partial charge in [-0.1, -0.05) is 64.8 Å². The van der Waals surface area contributed by atoms with Gasteiger partial charge in [-0.2, -0.15) is 0 Å². The predicted octanol–water partition coefficient (Wildman–Crippen LogP) is 5.15. The number of hydrogen-bond acceptors (Lipinski definition) is 16. The van der Waals surface area contributed by atoms with Crippen LogP contribution in [0.25, 0.3) is 0 Å². The Balaban J connectivity index is 0.000000221. The van der Waals surface area contributed by atoms with Crippen molar-refractivity contribution in [2.75, 3.05) is 0 Å². The van der Waals surface area contributed by atoms with E-state index in [0.717, 1.165) is 11.1 Å². The molecule has 0 aliphatic heterocycles. The van der Waals surface area contributed by atoms with Crippen LogP contribution in [-0.2, 0) is 33.6 Å². The van der Waals surface area contributed by atoms with Crippen LogP contribution in [0.5, 0.6) is 0 Å². The maximum absolute atomic E-state index is 14.2. The van der Waals surface area contributed by atoms with Crippen LogP contribution in [0.2, 0.25) is 0 Å². The van der Waals surface area contributed by atoms with E-state index in [0.29, 0.717) is 12.8 Å². The summed E-state index contributed by atoms with van der Waals surface area (Å²) in [5, 5.41) is 97.7. The molecule has 8 aliphatic rings. The summed E-state index contributed by atoms with van der Waals surface area (Å²) in [6.07, 6.45) is 1.00. The second kappa shape index (κ2) is 17.9. The number of Topliss-reactive ketones (excluding diaryl/α,β-unsaturated/α-hetero) is 7. The average molecular weight is 1070 g/mol. The lowest BCUT2D eigenvalue weighted by Gasteiger charge is -2.64. The minimum Gasteiger partial charge on any atom is -0.505 e. The van der Waals surface area contributed by atoms with Crippen LogP contribution < -0.4 is 0 Å². The van der Waals surface area contributed by atoms with Gasteiger partial charge in [-0.25, -0.2) is 0 Å². The highest BCUT2D eigenvalue weighted by Crippen LogP contribution is 2.76. The summed E-state index contributed by atoms with van der Waals surface area (Å²) >= 11 is 0. The van der Waals surface area contributed by atoms with Crippen LogP contribution in [-0.4, -0.2) is 133 Å². The quantitative estimate of drug-likeness (QED) is 0.101. The normalized spacial score (nSPS) is 42.8. The molecule has 18 atom stereocenters. The van der Waals surface area contributed by atoms with Gasteiger partial charge in [0.25, 0.3) is 0 Å². The van der Waals surface area contributed by atoms with Crippen molar-refractivity contribution >= 4 is 40.5 Å². The van der Waals surface area contributed by atoms with Crippen molar-refractivity contribution in [3.05, 3.63) is 35.1 Å². The van der Waals surface area contributed by atoms with Crippen LogP contribution in [0.3, 0.4) is 0 Å². The zero-order chi connectivity index (χ0) is 58.0. The second-order valence-corrected chi connectivity index (χ2v) is 28.8. The van der Waals surface area contributed by atoms with Crippen LogP contribution in [0, 0.1) is 78.8 Å². The topological polar surface area (TPSA) is 302 Å². The third-order valence-electron chi connectivity index (χ3n) is 23.0. The lowest BCUT2D eigenvalue weighted by atomic mass is 9.38. The molecule has 0 aromatic heterocycles. The van der Waals surface area contributed by atoms with Gasteiger partial charge in [-0.15, -0.1) is 0 Å². The van der Waals surface area contributed by atoms with Gasteiger partial charge >= 0.3 is 0 Å². The van der Waals surface area contributed by atoms with E-state index in [1.54, 1.807) is 27.7 Å². The van der Waals surface area contributed by atoms with Crippen molar-refractivity contribution in [3.8, 4) is 0 Å². The number of ketones is 7. The van der Waals surface area contributed by atoms with Crippen LogP contribution in [0.4, 0.5) is 0 Å². The Hall–Kier alpha value is -3.61. The molecule has 0 bridgehead atoms. The van der Waals surface area contributed by atoms with Gasteiger partial charge in [0.2, 0.25) is 11.6 Å². The molecule has 5 fully saturated rings. The van der Waals surface area contributed by atoms with E-state index in [1.807, 2.05) is 53.7 Å². The van der Waals surface area contributed by atoms with Crippen molar-refractivity contribution < 1.29 is 79.5 Å². The summed E-state index contributed by atoms with van der Waals surface area (Å²) in [6, 6.07) is 0. The third kappa shape index (κ3) is 8.11.